The molecular formula is C21H30O2. The van der Waals surface area contributed by atoms with Gasteiger partial charge in [-0.25, -0.2) is 0 Å². The molecule has 3 rings (SSSR count). The van der Waals surface area contributed by atoms with E-state index >= 15 is 0 Å². The summed E-state index contributed by atoms with van der Waals surface area (Å²) in [6.07, 6.45) is 7.80. The molecular weight excluding hydrogens is 284 g/mol. The molecule has 0 amide bonds. The Morgan fingerprint density at radius 3 is 2.78 bits per heavy atom. The van der Waals surface area contributed by atoms with E-state index in [0.29, 0.717) is 11.7 Å². The van der Waals surface area contributed by atoms with Crippen molar-refractivity contribution in [2.45, 2.75) is 84.2 Å². The van der Waals surface area contributed by atoms with E-state index in [1.807, 2.05) is 6.07 Å². The fourth-order valence-electron chi connectivity index (χ4n) is 4.29. The topological polar surface area (TPSA) is 29.5 Å². The van der Waals surface area contributed by atoms with E-state index in [1.165, 1.54) is 36.0 Å². The predicted molar refractivity (Wildman–Crippen MR) is 95.3 cm³/mol. The Balaban J connectivity index is 1.99. The van der Waals surface area contributed by atoms with Crippen molar-refractivity contribution in [2.75, 3.05) is 0 Å². The molecule has 1 saturated carbocycles. The van der Waals surface area contributed by atoms with Crippen LogP contribution in [0.15, 0.2) is 23.3 Å². The van der Waals surface area contributed by atoms with Crippen LogP contribution in [0.3, 0.4) is 0 Å². The third-order valence-electron chi connectivity index (χ3n) is 5.58. The van der Waals surface area contributed by atoms with Gasteiger partial charge in [-0.1, -0.05) is 30.9 Å². The van der Waals surface area contributed by atoms with E-state index in [9.17, 15) is 5.11 Å². The molecule has 0 saturated heterocycles. The highest BCUT2D eigenvalue weighted by Crippen LogP contribution is 2.54. The number of rotatable bonds is 4. The molecule has 2 atom stereocenters. The first-order chi connectivity index (χ1) is 10.9. The van der Waals surface area contributed by atoms with E-state index in [2.05, 4.69) is 33.8 Å². The number of fused-ring (bicyclic) bond motifs is 4. The van der Waals surface area contributed by atoms with Gasteiger partial charge in [0.15, 0.2) is 0 Å². The smallest absolute Gasteiger partial charge is 0.127 e. The molecule has 1 aliphatic heterocycles. The second-order valence-corrected chi connectivity index (χ2v) is 7.82. The summed E-state index contributed by atoms with van der Waals surface area (Å²) < 4.78 is 6.36. The second kappa shape index (κ2) is 6.22. The minimum Gasteiger partial charge on any atom is -0.507 e. The Morgan fingerprint density at radius 1 is 1.30 bits per heavy atom. The van der Waals surface area contributed by atoms with Gasteiger partial charge >= 0.3 is 0 Å². The second-order valence-electron chi connectivity index (χ2n) is 7.82. The van der Waals surface area contributed by atoms with Crippen molar-refractivity contribution in [3.05, 3.63) is 34.4 Å². The lowest BCUT2D eigenvalue weighted by Gasteiger charge is -2.46. The number of aromatic hydroxyl groups is 1. The zero-order valence-corrected chi connectivity index (χ0v) is 15.0. The summed E-state index contributed by atoms with van der Waals surface area (Å²) in [7, 11) is 0. The maximum Gasteiger partial charge on any atom is 0.127 e. The zero-order chi connectivity index (χ0) is 16.6. The molecule has 2 nitrogen and oxygen atoms in total. The van der Waals surface area contributed by atoms with E-state index in [-0.39, 0.29) is 5.60 Å². The molecule has 0 radical (unpaired) electrons. The monoisotopic (exact) mass is 314 g/mol. The molecule has 1 N–H and O–H groups in total. The van der Waals surface area contributed by atoms with Gasteiger partial charge in [-0.2, -0.15) is 0 Å². The SMILES string of the molecule is CCCCCc1cc(O)c2c(c1)O[C@]1(C)CCC(=C(C)C)[C@@H]2C1. The molecule has 2 bridgehead atoms. The summed E-state index contributed by atoms with van der Waals surface area (Å²) in [4.78, 5) is 0. The third kappa shape index (κ3) is 3.13. The van der Waals surface area contributed by atoms with Crippen LogP contribution < -0.4 is 4.74 Å². The minimum atomic E-state index is -0.0783. The van der Waals surface area contributed by atoms with Crippen molar-refractivity contribution in [1.82, 2.24) is 0 Å². The first-order valence-corrected chi connectivity index (χ1v) is 9.14. The maximum atomic E-state index is 10.7. The zero-order valence-electron chi connectivity index (χ0n) is 15.0. The van der Waals surface area contributed by atoms with Crippen LogP contribution in [0.1, 0.15) is 83.3 Å². The first-order valence-electron chi connectivity index (χ1n) is 9.14. The molecule has 0 aromatic heterocycles. The number of aryl methyl sites for hydroxylation is 1. The van der Waals surface area contributed by atoms with Gasteiger partial charge in [0.2, 0.25) is 0 Å². The number of phenolic OH excluding ortho intramolecular Hbond substituents is 1. The van der Waals surface area contributed by atoms with E-state index in [1.54, 1.807) is 0 Å². The lowest BCUT2D eigenvalue weighted by molar-refractivity contribution is 0.0346. The van der Waals surface area contributed by atoms with Gasteiger partial charge in [-0.15, -0.1) is 0 Å². The number of unbranched alkanes of at least 4 members (excludes halogenated alkanes) is 2. The molecule has 1 fully saturated rings. The van der Waals surface area contributed by atoms with Crippen molar-refractivity contribution < 1.29 is 9.84 Å². The Bertz CT molecular complexity index is 625. The number of hydrogen-bond acceptors (Lipinski definition) is 2. The Morgan fingerprint density at radius 2 is 2.09 bits per heavy atom. The van der Waals surface area contributed by atoms with Crippen LogP contribution in [-0.4, -0.2) is 10.7 Å². The van der Waals surface area contributed by atoms with Gasteiger partial charge in [0.05, 0.1) is 0 Å². The van der Waals surface area contributed by atoms with Gasteiger partial charge in [-0.3, -0.25) is 0 Å². The van der Waals surface area contributed by atoms with Crippen molar-refractivity contribution in [3.8, 4) is 11.5 Å². The average molecular weight is 314 g/mol. The lowest BCUT2D eigenvalue weighted by Crippen LogP contribution is -2.42. The fraction of sp³-hybridized carbons (Fsp3) is 0.619. The number of hydrogen-bond donors (Lipinski definition) is 1. The van der Waals surface area contributed by atoms with Crippen LogP contribution >= 0.6 is 0 Å². The van der Waals surface area contributed by atoms with Gasteiger partial charge in [0.25, 0.3) is 0 Å². The van der Waals surface area contributed by atoms with Gasteiger partial charge in [-0.05, 0) is 70.6 Å². The first kappa shape index (κ1) is 16.4. The quantitative estimate of drug-likeness (QED) is 0.555. The maximum absolute atomic E-state index is 10.7. The van der Waals surface area contributed by atoms with Crippen LogP contribution in [0.2, 0.25) is 0 Å². The number of benzene rings is 1. The molecule has 2 heteroatoms. The standard InChI is InChI=1S/C21H30O2/c1-5-6-7-8-15-11-18(22)20-17-13-21(4,23-19(20)12-15)10-9-16(17)14(2)3/h11-12,17,22H,5-10,13H2,1-4H3/t17-,21+/m0/s1. The Hall–Kier alpha value is -1.44. The van der Waals surface area contributed by atoms with Crippen LogP contribution in [0.5, 0.6) is 11.5 Å². The minimum absolute atomic E-state index is 0.0783. The van der Waals surface area contributed by atoms with Gasteiger partial charge < -0.3 is 9.84 Å². The number of ether oxygens (including phenoxy) is 1. The highest BCUT2D eigenvalue weighted by atomic mass is 16.5. The van der Waals surface area contributed by atoms with Crippen molar-refractivity contribution in [3.63, 3.8) is 0 Å². The summed E-state index contributed by atoms with van der Waals surface area (Å²) in [6.45, 7) is 8.84. The molecule has 1 aromatic carbocycles. The summed E-state index contributed by atoms with van der Waals surface area (Å²) in [5.41, 5.74) is 5.05. The van der Waals surface area contributed by atoms with Gasteiger partial charge in [0.1, 0.15) is 17.1 Å². The third-order valence-corrected chi connectivity index (χ3v) is 5.58. The molecule has 1 heterocycles. The number of allylic oxidation sites excluding steroid dienone is 2. The summed E-state index contributed by atoms with van der Waals surface area (Å²) in [5.74, 6) is 1.68. The van der Waals surface area contributed by atoms with Crippen molar-refractivity contribution >= 4 is 0 Å². The fourth-order valence-corrected chi connectivity index (χ4v) is 4.29. The molecule has 1 aliphatic carbocycles. The average Bonchev–Trinajstić information content (AvgIpc) is 2.46. The van der Waals surface area contributed by atoms with Crippen LogP contribution in [0, 0.1) is 0 Å². The Kier molecular flexibility index (Phi) is 4.44. The van der Waals surface area contributed by atoms with E-state index in [4.69, 9.17) is 4.74 Å². The summed E-state index contributed by atoms with van der Waals surface area (Å²) >= 11 is 0. The van der Waals surface area contributed by atoms with Crippen LogP contribution in [0.4, 0.5) is 0 Å². The molecule has 0 spiro atoms. The molecule has 23 heavy (non-hydrogen) atoms. The van der Waals surface area contributed by atoms with Crippen LogP contribution in [-0.2, 0) is 6.42 Å². The normalized spacial score (nSPS) is 25.7. The molecule has 2 aliphatic rings. The molecule has 0 unspecified atom stereocenters. The number of phenols is 1. The Labute approximate surface area is 140 Å². The van der Waals surface area contributed by atoms with Crippen LogP contribution in [0.25, 0.3) is 0 Å². The summed E-state index contributed by atoms with van der Waals surface area (Å²) in [6, 6.07) is 4.15. The molecule has 1 aromatic rings. The molecule has 126 valence electrons. The van der Waals surface area contributed by atoms with Crippen molar-refractivity contribution in [2.24, 2.45) is 0 Å². The predicted octanol–water partition coefficient (Wildman–Crippen LogP) is 5.88. The van der Waals surface area contributed by atoms with Gasteiger partial charge in [0, 0.05) is 11.5 Å². The van der Waals surface area contributed by atoms with E-state index in [0.717, 1.165) is 37.0 Å². The largest absolute Gasteiger partial charge is 0.507 e. The highest BCUT2D eigenvalue weighted by Gasteiger charge is 2.44. The highest BCUT2D eigenvalue weighted by molar-refractivity contribution is 5.55. The lowest BCUT2D eigenvalue weighted by atomic mass is 9.69. The van der Waals surface area contributed by atoms with E-state index < -0.39 is 0 Å². The summed E-state index contributed by atoms with van der Waals surface area (Å²) in [5, 5.41) is 10.7. The van der Waals surface area contributed by atoms with Crippen molar-refractivity contribution in [1.29, 1.82) is 0 Å².